The van der Waals surface area contributed by atoms with E-state index in [0.29, 0.717) is 35.2 Å². The standard InChI is InChI=1S/C18H19ClN2O5/c19-11-2-4-16-17(6-11)26-12(9-25-16)7-21-8-15(23)10-1-3-14(22)13(5-10)18(20)24/h1-6,12,15,21-23H,7-9H2,(H2,20,24). The van der Waals surface area contributed by atoms with Gasteiger partial charge in [0, 0.05) is 24.2 Å². The first-order valence-electron chi connectivity index (χ1n) is 8.04. The molecule has 0 radical (unpaired) electrons. The number of halogens is 1. The second-order valence-corrected chi connectivity index (χ2v) is 6.39. The van der Waals surface area contributed by atoms with E-state index in [9.17, 15) is 15.0 Å². The number of aromatic hydroxyl groups is 1. The first-order chi connectivity index (χ1) is 12.4. The van der Waals surface area contributed by atoms with E-state index in [1.165, 1.54) is 18.2 Å². The van der Waals surface area contributed by atoms with E-state index in [-0.39, 0.29) is 24.0 Å². The third-order valence-electron chi connectivity index (χ3n) is 4.00. The molecule has 26 heavy (non-hydrogen) atoms. The van der Waals surface area contributed by atoms with E-state index in [1.54, 1.807) is 18.2 Å². The average molecular weight is 379 g/mol. The maximum Gasteiger partial charge on any atom is 0.252 e. The lowest BCUT2D eigenvalue weighted by Crippen LogP contribution is -2.39. The number of hydrogen-bond acceptors (Lipinski definition) is 6. The summed E-state index contributed by atoms with van der Waals surface area (Å²) >= 11 is 5.95. The summed E-state index contributed by atoms with van der Waals surface area (Å²) in [7, 11) is 0. The summed E-state index contributed by atoms with van der Waals surface area (Å²) in [5.74, 6) is 0.260. The third-order valence-corrected chi connectivity index (χ3v) is 4.24. The quantitative estimate of drug-likeness (QED) is 0.607. The Labute approximate surface area is 155 Å². The molecule has 0 saturated carbocycles. The smallest absolute Gasteiger partial charge is 0.252 e. The lowest BCUT2D eigenvalue weighted by atomic mass is 10.0. The van der Waals surface area contributed by atoms with Crippen molar-refractivity contribution in [2.45, 2.75) is 12.2 Å². The summed E-state index contributed by atoms with van der Waals surface area (Å²) in [6.07, 6.45) is -1.10. The fourth-order valence-electron chi connectivity index (χ4n) is 2.65. The van der Waals surface area contributed by atoms with Crippen LogP contribution in [0.3, 0.4) is 0 Å². The number of fused-ring (bicyclic) bond motifs is 1. The van der Waals surface area contributed by atoms with Gasteiger partial charge in [-0.3, -0.25) is 4.79 Å². The van der Waals surface area contributed by atoms with Crippen molar-refractivity contribution < 1.29 is 24.5 Å². The van der Waals surface area contributed by atoms with E-state index in [4.69, 9.17) is 26.8 Å². The summed E-state index contributed by atoms with van der Waals surface area (Å²) < 4.78 is 11.4. The van der Waals surface area contributed by atoms with Crippen LogP contribution in [0.2, 0.25) is 5.02 Å². The zero-order chi connectivity index (χ0) is 18.7. The van der Waals surface area contributed by atoms with Crippen molar-refractivity contribution in [1.29, 1.82) is 0 Å². The normalized spacial score (nSPS) is 16.9. The van der Waals surface area contributed by atoms with Gasteiger partial charge >= 0.3 is 0 Å². The highest BCUT2D eigenvalue weighted by molar-refractivity contribution is 6.30. The number of primary amides is 1. The molecule has 5 N–H and O–H groups in total. The molecule has 7 nitrogen and oxygen atoms in total. The van der Waals surface area contributed by atoms with Crippen LogP contribution in [0.5, 0.6) is 17.2 Å². The van der Waals surface area contributed by atoms with Crippen LogP contribution >= 0.6 is 11.6 Å². The molecule has 1 aliphatic heterocycles. The Morgan fingerprint density at radius 2 is 2.12 bits per heavy atom. The van der Waals surface area contributed by atoms with Gasteiger partial charge in [0.15, 0.2) is 11.5 Å². The van der Waals surface area contributed by atoms with Crippen LogP contribution in [0.25, 0.3) is 0 Å². The van der Waals surface area contributed by atoms with Crippen LogP contribution in [0.4, 0.5) is 0 Å². The lowest BCUT2D eigenvalue weighted by molar-refractivity contribution is 0.0858. The number of benzene rings is 2. The van der Waals surface area contributed by atoms with Gasteiger partial charge in [-0.05, 0) is 29.8 Å². The number of hydrogen-bond donors (Lipinski definition) is 4. The molecule has 0 spiro atoms. The molecule has 3 rings (SSSR count). The Morgan fingerprint density at radius 3 is 2.88 bits per heavy atom. The maximum atomic E-state index is 11.3. The van der Waals surface area contributed by atoms with Crippen LogP contribution < -0.4 is 20.5 Å². The highest BCUT2D eigenvalue weighted by Crippen LogP contribution is 2.33. The lowest BCUT2D eigenvalue weighted by Gasteiger charge is -2.27. The average Bonchev–Trinajstić information content (AvgIpc) is 2.61. The van der Waals surface area contributed by atoms with E-state index in [2.05, 4.69) is 5.32 Å². The molecule has 1 aliphatic rings. The number of aliphatic hydroxyl groups excluding tert-OH is 1. The molecule has 0 aromatic heterocycles. The number of ether oxygens (including phenoxy) is 2. The number of phenols is 1. The molecule has 1 heterocycles. The van der Waals surface area contributed by atoms with Gasteiger partial charge in [0.05, 0.1) is 11.7 Å². The summed E-state index contributed by atoms with van der Waals surface area (Å²) in [4.78, 5) is 11.3. The minimum Gasteiger partial charge on any atom is -0.507 e. The molecule has 2 unspecified atom stereocenters. The highest BCUT2D eigenvalue weighted by Gasteiger charge is 2.21. The number of nitrogens with two attached hydrogens (primary N) is 1. The maximum absolute atomic E-state index is 11.3. The number of amides is 1. The van der Waals surface area contributed by atoms with Gasteiger partial charge in [0.25, 0.3) is 5.91 Å². The van der Waals surface area contributed by atoms with Gasteiger partial charge in [-0.2, -0.15) is 0 Å². The van der Waals surface area contributed by atoms with Gasteiger partial charge in [0.1, 0.15) is 18.5 Å². The molecule has 0 saturated heterocycles. The molecule has 0 bridgehead atoms. The van der Waals surface area contributed by atoms with Gasteiger partial charge in [0.2, 0.25) is 0 Å². The minimum absolute atomic E-state index is 0.0287. The monoisotopic (exact) mass is 378 g/mol. The number of carbonyl (C=O) groups is 1. The van der Waals surface area contributed by atoms with E-state index >= 15 is 0 Å². The summed E-state index contributed by atoms with van der Waals surface area (Å²) in [6.45, 7) is 1.05. The zero-order valence-electron chi connectivity index (χ0n) is 13.8. The van der Waals surface area contributed by atoms with Gasteiger partial charge in [-0.15, -0.1) is 0 Å². The second-order valence-electron chi connectivity index (χ2n) is 5.96. The molecular weight excluding hydrogens is 360 g/mol. The largest absolute Gasteiger partial charge is 0.507 e. The fourth-order valence-corrected chi connectivity index (χ4v) is 2.81. The van der Waals surface area contributed by atoms with E-state index in [0.717, 1.165) is 0 Å². The first kappa shape index (κ1) is 18.3. The van der Waals surface area contributed by atoms with Crippen molar-refractivity contribution >= 4 is 17.5 Å². The molecule has 138 valence electrons. The van der Waals surface area contributed by atoms with E-state index < -0.39 is 12.0 Å². The Balaban J connectivity index is 1.54. The fraction of sp³-hybridized carbons (Fsp3) is 0.278. The third kappa shape index (κ3) is 4.19. The number of rotatable bonds is 6. The van der Waals surface area contributed by atoms with Crippen molar-refractivity contribution in [2.75, 3.05) is 19.7 Å². The zero-order valence-corrected chi connectivity index (χ0v) is 14.6. The molecular formula is C18H19ClN2O5. The Kier molecular flexibility index (Phi) is 5.51. The van der Waals surface area contributed by atoms with Crippen LogP contribution in [0.1, 0.15) is 22.0 Å². The summed E-state index contributed by atoms with van der Waals surface area (Å²) in [6, 6.07) is 9.43. The van der Waals surface area contributed by atoms with Gasteiger partial charge in [-0.1, -0.05) is 17.7 Å². The summed E-state index contributed by atoms with van der Waals surface area (Å²) in [5, 5.41) is 23.5. The predicted molar refractivity (Wildman–Crippen MR) is 95.8 cm³/mol. The summed E-state index contributed by atoms with van der Waals surface area (Å²) in [5.41, 5.74) is 5.64. The van der Waals surface area contributed by atoms with Crippen molar-refractivity contribution in [3.63, 3.8) is 0 Å². The Morgan fingerprint density at radius 1 is 1.31 bits per heavy atom. The van der Waals surface area contributed by atoms with Gasteiger partial charge in [-0.25, -0.2) is 0 Å². The SMILES string of the molecule is NC(=O)c1cc(C(O)CNCC2COc3ccc(Cl)cc3O2)ccc1O. The molecule has 0 aliphatic carbocycles. The highest BCUT2D eigenvalue weighted by atomic mass is 35.5. The predicted octanol–water partition coefficient (Wildman–Crippen LogP) is 1.61. The molecule has 2 atom stereocenters. The number of aliphatic hydroxyl groups is 1. The number of nitrogens with one attached hydrogen (secondary N) is 1. The Bertz CT molecular complexity index is 814. The molecule has 8 heteroatoms. The molecule has 2 aromatic carbocycles. The molecule has 1 amide bonds. The molecule has 0 fully saturated rings. The van der Waals surface area contributed by atoms with Crippen LogP contribution in [0.15, 0.2) is 36.4 Å². The van der Waals surface area contributed by atoms with Gasteiger partial charge < -0.3 is 30.7 Å². The second kappa shape index (κ2) is 7.82. The number of carbonyl (C=O) groups excluding carboxylic acids is 1. The molecule has 2 aromatic rings. The van der Waals surface area contributed by atoms with Crippen molar-refractivity contribution in [3.8, 4) is 17.2 Å². The van der Waals surface area contributed by atoms with Crippen molar-refractivity contribution in [3.05, 3.63) is 52.5 Å². The van der Waals surface area contributed by atoms with E-state index in [1.807, 2.05) is 0 Å². The van der Waals surface area contributed by atoms with Crippen molar-refractivity contribution in [1.82, 2.24) is 5.32 Å². The minimum atomic E-state index is -0.875. The Hall–Kier alpha value is -2.48. The topological polar surface area (TPSA) is 114 Å². The van der Waals surface area contributed by atoms with Crippen LogP contribution in [-0.4, -0.2) is 41.9 Å². The van der Waals surface area contributed by atoms with Crippen molar-refractivity contribution in [2.24, 2.45) is 5.73 Å². The van der Waals surface area contributed by atoms with Crippen LogP contribution in [-0.2, 0) is 0 Å². The van der Waals surface area contributed by atoms with Crippen LogP contribution in [0, 0.1) is 0 Å². The first-order valence-corrected chi connectivity index (χ1v) is 8.42.